The molecule has 0 radical (unpaired) electrons. The van der Waals surface area contributed by atoms with E-state index in [0.717, 1.165) is 21.9 Å². The Balaban J connectivity index is 1.67. The van der Waals surface area contributed by atoms with E-state index in [2.05, 4.69) is 5.32 Å². The van der Waals surface area contributed by atoms with Crippen molar-refractivity contribution in [2.24, 2.45) is 0 Å². The second kappa shape index (κ2) is 8.48. The fourth-order valence-electron chi connectivity index (χ4n) is 3.44. The number of hydrogen-bond donors (Lipinski definition) is 2. The molecule has 0 spiro atoms. The van der Waals surface area contributed by atoms with Crippen molar-refractivity contribution in [2.75, 3.05) is 0 Å². The Kier molecular flexibility index (Phi) is 5.43. The molecule has 4 aromatic carbocycles. The van der Waals surface area contributed by atoms with E-state index in [0.29, 0.717) is 5.56 Å². The van der Waals surface area contributed by atoms with Crippen molar-refractivity contribution >= 4 is 16.9 Å². The van der Waals surface area contributed by atoms with Gasteiger partial charge in [-0.1, -0.05) is 91.0 Å². The summed E-state index contributed by atoms with van der Waals surface area (Å²) < 4.78 is 5.42. The topological polar surface area (TPSA) is 58.6 Å². The number of hydrogen-bond acceptors (Lipinski definition) is 3. The summed E-state index contributed by atoms with van der Waals surface area (Å²) in [5.41, 5.74) is 2.41. The highest BCUT2D eigenvalue weighted by Crippen LogP contribution is 2.35. The second-order valence-corrected chi connectivity index (χ2v) is 6.77. The number of phenols is 1. The van der Waals surface area contributed by atoms with Crippen molar-refractivity contribution in [1.82, 2.24) is 5.32 Å². The van der Waals surface area contributed by atoms with Crippen LogP contribution in [-0.4, -0.2) is 11.2 Å². The summed E-state index contributed by atoms with van der Waals surface area (Å²) >= 11 is 0. The third-order valence-electron chi connectivity index (χ3n) is 4.84. The minimum atomic E-state index is -0.550. The van der Waals surface area contributed by atoms with Crippen molar-refractivity contribution in [3.8, 4) is 5.75 Å². The van der Waals surface area contributed by atoms with Crippen molar-refractivity contribution < 1.29 is 14.6 Å². The van der Waals surface area contributed by atoms with E-state index in [4.69, 9.17) is 4.74 Å². The molecule has 0 saturated carbocycles. The lowest BCUT2D eigenvalue weighted by Gasteiger charge is -2.22. The van der Waals surface area contributed by atoms with Gasteiger partial charge < -0.3 is 15.2 Å². The van der Waals surface area contributed by atoms with Crippen LogP contribution in [0.2, 0.25) is 0 Å². The van der Waals surface area contributed by atoms with Gasteiger partial charge in [0, 0.05) is 5.56 Å². The molecule has 0 aromatic heterocycles. The van der Waals surface area contributed by atoms with Crippen LogP contribution in [0.3, 0.4) is 0 Å². The Morgan fingerprint density at radius 2 is 1.48 bits per heavy atom. The van der Waals surface area contributed by atoms with E-state index in [-0.39, 0.29) is 12.4 Å². The number of nitrogens with one attached hydrogen (secondary N) is 1. The molecular weight excluding hydrogens is 362 g/mol. The molecule has 4 aromatic rings. The SMILES string of the molecule is O=C(NC(c1ccccc1)c1c(O)ccc2ccccc12)OCc1ccccc1. The largest absolute Gasteiger partial charge is 0.508 e. The smallest absolute Gasteiger partial charge is 0.408 e. The molecule has 1 unspecified atom stereocenters. The van der Waals surface area contributed by atoms with E-state index in [1.54, 1.807) is 6.07 Å². The highest BCUT2D eigenvalue weighted by Gasteiger charge is 2.23. The van der Waals surface area contributed by atoms with Crippen LogP contribution in [0.15, 0.2) is 97.1 Å². The summed E-state index contributed by atoms with van der Waals surface area (Å²) in [6, 6.07) is 29.8. The number of carbonyl (C=O) groups is 1. The Morgan fingerprint density at radius 1 is 0.828 bits per heavy atom. The molecule has 0 aliphatic carbocycles. The second-order valence-electron chi connectivity index (χ2n) is 6.77. The van der Waals surface area contributed by atoms with Crippen LogP contribution >= 0.6 is 0 Å². The maximum atomic E-state index is 12.6. The number of fused-ring (bicyclic) bond motifs is 1. The first kappa shape index (κ1) is 18.6. The van der Waals surface area contributed by atoms with Gasteiger partial charge in [0.05, 0.1) is 6.04 Å². The summed E-state index contributed by atoms with van der Waals surface area (Å²) in [5, 5.41) is 15.5. The number of benzene rings is 4. The number of phenolic OH excluding ortho intramolecular Hbond substituents is 1. The number of ether oxygens (including phenoxy) is 1. The number of carbonyl (C=O) groups excluding carboxylic acids is 1. The van der Waals surface area contributed by atoms with Gasteiger partial charge in [0.25, 0.3) is 0 Å². The van der Waals surface area contributed by atoms with Crippen LogP contribution < -0.4 is 5.32 Å². The van der Waals surface area contributed by atoms with E-state index in [9.17, 15) is 9.90 Å². The van der Waals surface area contributed by atoms with Crippen molar-refractivity contribution in [1.29, 1.82) is 0 Å². The van der Waals surface area contributed by atoms with Gasteiger partial charge in [-0.3, -0.25) is 0 Å². The molecule has 0 aliphatic rings. The van der Waals surface area contributed by atoms with Crippen LogP contribution in [0.5, 0.6) is 5.75 Å². The van der Waals surface area contributed by atoms with Gasteiger partial charge in [0.1, 0.15) is 12.4 Å². The number of alkyl carbamates (subject to hydrolysis) is 1. The lowest BCUT2D eigenvalue weighted by atomic mass is 9.93. The maximum Gasteiger partial charge on any atom is 0.408 e. The molecule has 4 heteroatoms. The van der Waals surface area contributed by atoms with Gasteiger partial charge in [-0.05, 0) is 28.0 Å². The minimum absolute atomic E-state index is 0.126. The molecule has 2 N–H and O–H groups in total. The Labute approximate surface area is 169 Å². The molecule has 0 bridgehead atoms. The van der Waals surface area contributed by atoms with Gasteiger partial charge in [-0.25, -0.2) is 4.79 Å². The lowest BCUT2D eigenvalue weighted by Crippen LogP contribution is -2.30. The zero-order valence-corrected chi connectivity index (χ0v) is 15.8. The average molecular weight is 383 g/mol. The number of amides is 1. The Hall–Kier alpha value is -3.79. The van der Waals surface area contributed by atoms with Crippen LogP contribution in [0.1, 0.15) is 22.7 Å². The normalized spacial score (nSPS) is 11.7. The zero-order chi connectivity index (χ0) is 20.1. The first-order valence-corrected chi connectivity index (χ1v) is 9.45. The maximum absolute atomic E-state index is 12.6. The van der Waals surface area contributed by atoms with Gasteiger partial charge in [-0.2, -0.15) is 0 Å². The van der Waals surface area contributed by atoms with Crippen LogP contribution in [0.4, 0.5) is 4.79 Å². The van der Waals surface area contributed by atoms with Gasteiger partial charge in [-0.15, -0.1) is 0 Å². The number of aromatic hydroxyl groups is 1. The molecule has 0 heterocycles. The van der Waals surface area contributed by atoms with Crippen molar-refractivity contribution in [2.45, 2.75) is 12.6 Å². The van der Waals surface area contributed by atoms with Gasteiger partial charge in [0.2, 0.25) is 0 Å². The molecule has 4 nitrogen and oxygen atoms in total. The summed E-state index contributed by atoms with van der Waals surface area (Å²) in [4.78, 5) is 12.6. The average Bonchev–Trinajstić information content (AvgIpc) is 2.78. The zero-order valence-electron chi connectivity index (χ0n) is 15.8. The van der Waals surface area contributed by atoms with E-state index in [1.165, 1.54) is 0 Å². The molecule has 1 atom stereocenters. The van der Waals surface area contributed by atoms with E-state index < -0.39 is 12.1 Å². The van der Waals surface area contributed by atoms with Gasteiger partial charge >= 0.3 is 6.09 Å². The summed E-state index contributed by atoms with van der Waals surface area (Å²) in [6.45, 7) is 0.176. The molecular formula is C25H21NO3. The lowest BCUT2D eigenvalue weighted by molar-refractivity contribution is 0.137. The molecule has 0 saturated heterocycles. The van der Waals surface area contributed by atoms with Gasteiger partial charge in [0.15, 0.2) is 0 Å². The van der Waals surface area contributed by atoms with E-state index in [1.807, 2.05) is 91.0 Å². The molecule has 0 fully saturated rings. The summed E-state index contributed by atoms with van der Waals surface area (Å²) in [5.74, 6) is 0.126. The van der Waals surface area contributed by atoms with Crippen LogP contribution in [-0.2, 0) is 11.3 Å². The standard InChI is InChI=1S/C25H21NO3/c27-22-16-15-19-11-7-8-14-21(19)23(22)24(20-12-5-2-6-13-20)26-25(28)29-17-18-9-3-1-4-10-18/h1-16,24,27H,17H2,(H,26,28). The predicted molar refractivity (Wildman–Crippen MR) is 114 cm³/mol. The summed E-state index contributed by atoms with van der Waals surface area (Å²) in [6.07, 6.45) is -0.546. The minimum Gasteiger partial charge on any atom is -0.508 e. The molecule has 144 valence electrons. The Bertz CT molecular complexity index is 1110. The van der Waals surface area contributed by atoms with Crippen LogP contribution in [0.25, 0.3) is 10.8 Å². The molecule has 1 amide bonds. The fourth-order valence-corrected chi connectivity index (χ4v) is 3.44. The Morgan fingerprint density at radius 3 is 2.24 bits per heavy atom. The first-order valence-electron chi connectivity index (χ1n) is 9.45. The third kappa shape index (κ3) is 4.22. The molecule has 4 rings (SSSR count). The number of rotatable bonds is 5. The monoisotopic (exact) mass is 383 g/mol. The highest BCUT2D eigenvalue weighted by molar-refractivity contribution is 5.89. The molecule has 0 aliphatic heterocycles. The quantitative estimate of drug-likeness (QED) is 0.474. The first-order chi connectivity index (χ1) is 14.2. The predicted octanol–water partition coefficient (Wildman–Crippen LogP) is 5.56. The third-order valence-corrected chi connectivity index (χ3v) is 4.84. The highest BCUT2D eigenvalue weighted by atomic mass is 16.5. The van der Waals surface area contributed by atoms with E-state index >= 15 is 0 Å². The van der Waals surface area contributed by atoms with Crippen molar-refractivity contribution in [3.05, 3.63) is 114 Å². The van der Waals surface area contributed by atoms with Crippen LogP contribution in [0, 0.1) is 0 Å². The summed E-state index contributed by atoms with van der Waals surface area (Å²) in [7, 11) is 0. The fraction of sp³-hybridized carbons (Fsp3) is 0.0800. The molecule has 29 heavy (non-hydrogen) atoms. The van der Waals surface area contributed by atoms with Crippen molar-refractivity contribution in [3.63, 3.8) is 0 Å².